The van der Waals surface area contributed by atoms with E-state index < -0.39 is 0 Å². The zero-order valence-electron chi connectivity index (χ0n) is 6.78. The summed E-state index contributed by atoms with van der Waals surface area (Å²) in [4.78, 5) is 2.55. The topological polar surface area (TPSA) is 3.24 Å². The van der Waals surface area contributed by atoms with Crippen molar-refractivity contribution in [1.29, 1.82) is 0 Å². The van der Waals surface area contributed by atoms with Crippen LogP contribution in [0.1, 0.15) is 27.2 Å². The average Bonchev–Trinajstić information content (AvgIpc) is 2.08. The third-order valence-corrected chi connectivity index (χ3v) is 2.05. The fourth-order valence-electron chi connectivity index (χ4n) is 1.39. The van der Waals surface area contributed by atoms with Gasteiger partial charge in [-0.3, -0.25) is 0 Å². The van der Waals surface area contributed by atoms with E-state index in [2.05, 4.69) is 25.6 Å². The van der Waals surface area contributed by atoms with Crippen molar-refractivity contribution >= 4 is 7.41 Å². The Labute approximate surface area is 58.7 Å². The normalized spacial score (nSPS) is 22.1. The van der Waals surface area contributed by atoms with E-state index >= 15 is 0 Å². The van der Waals surface area contributed by atoms with Crippen LogP contribution >= 0.6 is 0 Å². The zero-order chi connectivity index (χ0) is 6.91. The molecular formula is C7H16BN. The Morgan fingerprint density at radius 2 is 2.00 bits per heavy atom. The highest BCUT2D eigenvalue weighted by Crippen LogP contribution is 2.18. The largest absolute Gasteiger partial charge is 0.341 e. The molecule has 2 heteroatoms. The van der Waals surface area contributed by atoms with Gasteiger partial charge in [-0.15, -0.1) is 0 Å². The third kappa shape index (κ3) is 1.72. The summed E-state index contributed by atoms with van der Waals surface area (Å²) >= 11 is 0. The first kappa shape index (κ1) is 7.14. The highest BCUT2D eigenvalue weighted by molar-refractivity contribution is 6.33. The van der Waals surface area contributed by atoms with Crippen molar-refractivity contribution in [1.82, 2.24) is 4.81 Å². The van der Waals surface area contributed by atoms with Crippen molar-refractivity contribution in [2.24, 2.45) is 0 Å². The SMILES string of the molecule is CC(C)(C)N1BCCC1. The summed E-state index contributed by atoms with van der Waals surface area (Å²) in [5.74, 6) is 0. The summed E-state index contributed by atoms with van der Waals surface area (Å²) in [7, 11) is 1.31. The summed E-state index contributed by atoms with van der Waals surface area (Å²) in [6.07, 6.45) is 2.80. The molecule has 1 fully saturated rings. The van der Waals surface area contributed by atoms with Gasteiger partial charge in [0.25, 0.3) is 0 Å². The molecule has 1 aliphatic rings. The average molecular weight is 125 g/mol. The molecule has 0 atom stereocenters. The molecule has 52 valence electrons. The van der Waals surface area contributed by atoms with E-state index in [-0.39, 0.29) is 0 Å². The Balaban J connectivity index is 2.42. The predicted octanol–water partition coefficient (Wildman–Crippen LogP) is 1.26. The Bertz CT molecular complexity index is 89.6. The summed E-state index contributed by atoms with van der Waals surface area (Å²) in [5, 5.41) is 0. The molecule has 1 heterocycles. The van der Waals surface area contributed by atoms with Gasteiger partial charge in [0.15, 0.2) is 0 Å². The van der Waals surface area contributed by atoms with Crippen LogP contribution in [0.15, 0.2) is 0 Å². The first-order valence-corrected chi connectivity index (χ1v) is 3.86. The molecule has 9 heavy (non-hydrogen) atoms. The highest BCUT2D eigenvalue weighted by atomic mass is 15.1. The molecule has 0 aliphatic carbocycles. The minimum atomic E-state index is 0.413. The lowest BCUT2D eigenvalue weighted by molar-refractivity contribution is 0.271. The first-order valence-electron chi connectivity index (χ1n) is 3.86. The van der Waals surface area contributed by atoms with E-state index in [1.807, 2.05) is 0 Å². The summed E-state index contributed by atoms with van der Waals surface area (Å²) in [6.45, 7) is 8.18. The smallest absolute Gasteiger partial charge is 0.204 e. The van der Waals surface area contributed by atoms with Crippen molar-refractivity contribution in [2.75, 3.05) is 6.54 Å². The molecule has 0 radical (unpaired) electrons. The van der Waals surface area contributed by atoms with Gasteiger partial charge in [-0.05, 0) is 33.7 Å². The maximum Gasteiger partial charge on any atom is 0.204 e. The lowest BCUT2D eigenvalue weighted by Gasteiger charge is -2.31. The van der Waals surface area contributed by atoms with Crippen LogP contribution in [0.4, 0.5) is 0 Å². The van der Waals surface area contributed by atoms with Crippen molar-refractivity contribution in [3.63, 3.8) is 0 Å². The quantitative estimate of drug-likeness (QED) is 0.440. The molecular weight excluding hydrogens is 109 g/mol. The molecule has 0 aromatic carbocycles. The standard InChI is InChI=1S/C7H16BN/c1-7(2,3)9-6-4-5-8-9/h8H,4-6H2,1-3H3. The molecule has 0 saturated carbocycles. The minimum Gasteiger partial charge on any atom is -0.341 e. The van der Waals surface area contributed by atoms with Crippen molar-refractivity contribution in [3.05, 3.63) is 0 Å². The second kappa shape index (κ2) is 2.33. The van der Waals surface area contributed by atoms with Crippen LogP contribution in [-0.4, -0.2) is 24.3 Å². The minimum absolute atomic E-state index is 0.413. The van der Waals surface area contributed by atoms with Gasteiger partial charge in [0.1, 0.15) is 0 Å². The Morgan fingerprint density at radius 3 is 2.22 bits per heavy atom. The Kier molecular flexibility index (Phi) is 1.85. The lowest BCUT2D eigenvalue weighted by Crippen LogP contribution is -2.40. The Morgan fingerprint density at radius 1 is 1.33 bits per heavy atom. The summed E-state index contributed by atoms with van der Waals surface area (Å²) < 4.78 is 0. The van der Waals surface area contributed by atoms with Crippen LogP contribution < -0.4 is 0 Å². The van der Waals surface area contributed by atoms with Crippen LogP contribution in [0.25, 0.3) is 0 Å². The molecule has 0 amide bonds. The van der Waals surface area contributed by atoms with Gasteiger partial charge in [0.2, 0.25) is 7.41 Å². The number of hydrogen-bond donors (Lipinski definition) is 0. The fraction of sp³-hybridized carbons (Fsp3) is 1.00. The van der Waals surface area contributed by atoms with E-state index in [1.165, 1.54) is 26.7 Å². The Hall–Kier alpha value is 0.0249. The second-order valence-corrected chi connectivity index (χ2v) is 3.86. The first-order chi connectivity index (χ1) is 4.11. The van der Waals surface area contributed by atoms with Crippen molar-refractivity contribution in [2.45, 2.75) is 39.1 Å². The summed E-state index contributed by atoms with van der Waals surface area (Å²) in [6, 6.07) is 0. The van der Waals surface area contributed by atoms with Crippen LogP contribution in [0.3, 0.4) is 0 Å². The predicted molar refractivity (Wildman–Crippen MR) is 43.0 cm³/mol. The molecule has 0 N–H and O–H groups in total. The third-order valence-electron chi connectivity index (χ3n) is 2.05. The number of rotatable bonds is 0. The maximum absolute atomic E-state index is 2.55. The van der Waals surface area contributed by atoms with E-state index in [4.69, 9.17) is 0 Å². The van der Waals surface area contributed by atoms with Gasteiger partial charge in [-0.2, -0.15) is 0 Å². The molecule has 1 aliphatic heterocycles. The van der Waals surface area contributed by atoms with Crippen LogP contribution in [0.2, 0.25) is 6.32 Å². The van der Waals surface area contributed by atoms with Gasteiger partial charge in [0.05, 0.1) is 0 Å². The molecule has 1 rings (SSSR count). The molecule has 0 aromatic heterocycles. The maximum atomic E-state index is 2.55. The van der Waals surface area contributed by atoms with Crippen molar-refractivity contribution < 1.29 is 0 Å². The fourth-order valence-corrected chi connectivity index (χ4v) is 1.39. The number of nitrogens with zero attached hydrogens (tertiary/aromatic N) is 1. The van der Waals surface area contributed by atoms with Crippen LogP contribution in [-0.2, 0) is 0 Å². The number of hydrogen-bond acceptors (Lipinski definition) is 1. The molecule has 0 aromatic rings. The van der Waals surface area contributed by atoms with E-state index in [0.717, 1.165) is 0 Å². The summed E-state index contributed by atoms with van der Waals surface area (Å²) in [5.41, 5.74) is 0.413. The van der Waals surface area contributed by atoms with Gasteiger partial charge >= 0.3 is 0 Å². The highest BCUT2D eigenvalue weighted by Gasteiger charge is 2.24. The van der Waals surface area contributed by atoms with Crippen molar-refractivity contribution in [3.8, 4) is 0 Å². The molecule has 1 nitrogen and oxygen atoms in total. The van der Waals surface area contributed by atoms with E-state index in [9.17, 15) is 0 Å². The molecule has 0 unspecified atom stereocenters. The lowest BCUT2D eigenvalue weighted by atomic mass is 9.86. The van der Waals surface area contributed by atoms with E-state index in [0.29, 0.717) is 5.54 Å². The van der Waals surface area contributed by atoms with Gasteiger partial charge in [0, 0.05) is 5.54 Å². The van der Waals surface area contributed by atoms with E-state index in [1.54, 1.807) is 0 Å². The second-order valence-electron chi connectivity index (χ2n) is 3.86. The molecule has 0 bridgehead atoms. The van der Waals surface area contributed by atoms with Crippen LogP contribution in [0, 0.1) is 0 Å². The zero-order valence-corrected chi connectivity index (χ0v) is 6.78. The van der Waals surface area contributed by atoms with Gasteiger partial charge in [-0.1, -0.05) is 6.32 Å². The van der Waals surface area contributed by atoms with Gasteiger partial charge in [-0.25, -0.2) is 0 Å². The van der Waals surface area contributed by atoms with Gasteiger partial charge < -0.3 is 4.81 Å². The monoisotopic (exact) mass is 125 g/mol. The molecule has 0 spiro atoms. The molecule has 1 saturated heterocycles. The van der Waals surface area contributed by atoms with Crippen LogP contribution in [0.5, 0.6) is 0 Å².